The third-order valence-corrected chi connectivity index (χ3v) is 3.42. The predicted octanol–water partition coefficient (Wildman–Crippen LogP) is 1.74. The number of nitrogens with two attached hydrogens (primary N) is 1. The molecule has 1 aromatic carbocycles. The van der Waals surface area contributed by atoms with Crippen LogP contribution < -0.4 is 10.5 Å². The van der Waals surface area contributed by atoms with Gasteiger partial charge in [0.05, 0.1) is 18.1 Å². The van der Waals surface area contributed by atoms with Crippen LogP contribution in [0.3, 0.4) is 0 Å². The molecule has 5 nitrogen and oxygen atoms in total. The fourth-order valence-electron chi connectivity index (χ4n) is 1.86. The zero-order valence-corrected chi connectivity index (χ0v) is 11.6. The van der Waals surface area contributed by atoms with E-state index in [-0.39, 0.29) is 12.2 Å². The number of methoxy groups -OCH3 is 1. The molecule has 0 spiro atoms. The number of amides is 1. The minimum Gasteiger partial charge on any atom is -0.496 e. The molecular formula is C12H15BrN2O3. The zero-order chi connectivity index (χ0) is 13.1. The van der Waals surface area contributed by atoms with E-state index in [0.717, 1.165) is 15.8 Å². The van der Waals surface area contributed by atoms with Gasteiger partial charge in [0.25, 0.3) is 0 Å². The van der Waals surface area contributed by atoms with Gasteiger partial charge in [0.1, 0.15) is 11.9 Å². The van der Waals surface area contributed by atoms with Crippen LogP contribution in [0.4, 0.5) is 4.79 Å². The molecule has 2 N–H and O–H groups in total. The molecule has 1 atom stereocenters. The van der Waals surface area contributed by atoms with Gasteiger partial charge in [-0.25, -0.2) is 4.79 Å². The van der Waals surface area contributed by atoms with E-state index in [4.69, 9.17) is 15.2 Å². The highest BCUT2D eigenvalue weighted by Crippen LogP contribution is 2.26. The molecule has 1 fully saturated rings. The van der Waals surface area contributed by atoms with Gasteiger partial charge < -0.3 is 20.1 Å². The topological polar surface area (TPSA) is 64.8 Å². The van der Waals surface area contributed by atoms with Crippen molar-refractivity contribution in [1.82, 2.24) is 4.90 Å². The van der Waals surface area contributed by atoms with Crippen molar-refractivity contribution in [3.05, 3.63) is 28.2 Å². The number of rotatable bonds is 4. The van der Waals surface area contributed by atoms with Gasteiger partial charge in [0, 0.05) is 13.1 Å². The summed E-state index contributed by atoms with van der Waals surface area (Å²) in [4.78, 5) is 13.2. The molecule has 0 aromatic heterocycles. The van der Waals surface area contributed by atoms with Gasteiger partial charge in [0.2, 0.25) is 0 Å². The standard InChI is InChI=1S/C12H15BrN2O3/c1-17-11-3-2-8(4-10(11)13)6-15-7-9(5-14)18-12(15)16/h2-4,9H,5-7,14H2,1H3. The lowest BCUT2D eigenvalue weighted by Crippen LogP contribution is -2.27. The minimum atomic E-state index is -0.308. The first-order chi connectivity index (χ1) is 8.63. The number of ether oxygens (including phenoxy) is 2. The van der Waals surface area contributed by atoms with Crippen molar-refractivity contribution >= 4 is 22.0 Å². The van der Waals surface area contributed by atoms with Gasteiger partial charge in [-0.05, 0) is 33.6 Å². The SMILES string of the molecule is COc1ccc(CN2CC(CN)OC2=O)cc1Br. The molecule has 1 aliphatic rings. The zero-order valence-electron chi connectivity index (χ0n) is 10.1. The molecule has 18 heavy (non-hydrogen) atoms. The largest absolute Gasteiger partial charge is 0.496 e. The van der Waals surface area contributed by atoms with Crippen LogP contribution in [0.2, 0.25) is 0 Å². The fourth-order valence-corrected chi connectivity index (χ4v) is 2.44. The number of halogens is 1. The maximum Gasteiger partial charge on any atom is 0.410 e. The predicted molar refractivity (Wildman–Crippen MR) is 70.4 cm³/mol. The highest BCUT2D eigenvalue weighted by atomic mass is 79.9. The van der Waals surface area contributed by atoms with E-state index in [9.17, 15) is 4.79 Å². The number of hydrogen-bond acceptors (Lipinski definition) is 4. The van der Waals surface area contributed by atoms with Crippen molar-refractivity contribution in [2.75, 3.05) is 20.2 Å². The first-order valence-corrected chi connectivity index (χ1v) is 6.41. The molecule has 0 saturated carbocycles. The molecule has 98 valence electrons. The number of cyclic esters (lactones) is 1. The summed E-state index contributed by atoms with van der Waals surface area (Å²) in [6.07, 6.45) is -0.503. The molecule has 1 amide bonds. The maximum atomic E-state index is 11.6. The molecule has 0 bridgehead atoms. The van der Waals surface area contributed by atoms with Gasteiger partial charge in [-0.15, -0.1) is 0 Å². The molecule has 1 unspecified atom stereocenters. The summed E-state index contributed by atoms with van der Waals surface area (Å²) in [6.45, 7) is 1.41. The average molecular weight is 315 g/mol. The number of hydrogen-bond donors (Lipinski definition) is 1. The Balaban J connectivity index is 2.06. The van der Waals surface area contributed by atoms with Crippen LogP contribution in [0.5, 0.6) is 5.75 Å². The number of carbonyl (C=O) groups is 1. The van der Waals surface area contributed by atoms with Crippen LogP contribution in [0.25, 0.3) is 0 Å². The quantitative estimate of drug-likeness (QED) is 0.919. The van der Waals surface area contributed by atoms with E-state index < -0.39 is 0 Å². The first-order valence-electron chi connectivity index (χ1n) is 5.62. The summed E-state index contributed by atoms with van der Waals surface area (Å²) in [6, 6.07) is 5.72. The highest BCUT2D eigenvalue weighted by molar-refractivity contribution is 9.10. The summed E-state index contributed by atoms with van der Waals surface area (Å²) in [7, 11) is 1.61. The van der Waals surface area contributed by atoms with Crippen molar-refractivity contribution < 1.29 is 14.3 Å². The normalized spacial score (nSPS) is 18.9. The van der Waals surface area contributed by atoms with Gasteiger partial charge in [-0.1, -0.05) is 6.07 Å². The lowest BCUT2D eigenvalue weighted by Gasteiger charge is -2.13. The van der Waals surface area contributed by atoms with E-state index >= 15 is 0 Å². The summed E-state index contributed by atoms with van der Waals surface area (Å²) < 4.78 is 11.1. The molecule has 1 saturated heterocycles. The lowest BCUT2D eigenvalue weighted by molar-refractivity contribution is 0.134. The molecule has 0 radical (unpaired) electrons. The van der Waals surface area contributed by atoms with Crippen molar-refractivity contribution in [3.63, 3.8) is 0 Å². The van der Waals surface area contributed by atoms with E-state index in [1.54, 1.807) is 12.0 Å². The van der Waals surface area contributed by atoms with E-state index in [1.807, 2.05) is 18.2 Å². The van der Waals surface area contributed by atoms with Crippen LogP contribution in [0.1, 0.15) is 5.56 Å². The van der Waals surface area contributed by atoms with E-state index in [2.05, 4.69) is 15.9 Å². The third-order valence-electron chi connectivity index (χ3n) is 2.80. The fraction of sp³-hybridized carbons (Fsp3) is 0.417. The Morgan fingerprint density at radius 1 is 1.61 bits per heavy atom. The Morgan fingerprint density at radius 3 is 2.94 bits per heavy atom. The van der Waals surface area contributed by atoms with Gasteiger partial charge in [-0.3, -0.25) is 0 Å². The van der Waals surface area contributed by atoms with Crippen molar-refractivity contribution in [1.29, 1.82) is 0 Å². The Bertz CT molecular complexity index is 453. The molecule has 1 heterocycles. The minimum absolute atomic E-state index is 0.195. The monoisotopic (exact) mass is 314 g/mol. The maximum absolute atomic E-state index is 11.6. The molecule has 6 heteroatoms. The molecule has 0 aliphatic carbocycles. The van der Waals surface area contributed by atoms with Crippen LogP contribution >= 0.6 is 15.9 Å². The van der Waals surface area contributed by atoms with Crippen LogP contribution in [0, 0.1) is 0 Å². The lowest BCUT2D eigenvalue weighted by atomic mass is 10.2. The van der Waals surface area contributed by atoms with Gasteiger partial charge in [0.15, 0.2) is 0 Å². The van der Waals surface area contributed by atoms with Crippen LogP contribution in [-0.4, -0.2) is 37.3 Å². The summed E-state index contributed by atoms with van der Waals surface area (Å²) in [5, 5.41) is 0. The van der Waals surface area contributed by atoms with Crippen molar-refractivity contribution in [3.8, 4) is 5.75 Å². The molecule has 1 aliphatic heterocycles. The Morgan fingerprint density at radius 2 is 2.39 bits per heavy atom. The van der Waals surface area contributed by atoms with E-state index in [0.29, 0.717) is 19.6 Å². The summed E-state index contributed by atoms with van der Waals surface area (Å²) >= 11 is 3.42. The van der Waals surface area contributed by atoms with Gasteiger partial charge >= 0.3 is 6.09 Å². The smallest absolute Gasteiger partial charge is 0.410 e. The highest BCUT2D eigenvalue weighted by Gasteiger charge is 2.30. The Kier molecular flexibility index (Phi) is 4.08. The number of carbonyl (C=O) groups excluding carboxylic acids is 1. The number of nitrogens with zero attached hydrogens (tertiary/aromatic N) is 1. The summed E-state index contributed by atoms with van der Waals surface area (Å²) in [5.41, 5.74) is 6.50. The van der Waals surface area contributed by atoms with Gasteiger partial charge in [-0.2, -0.15) is 0 Å². The average Bonchev–Trinajstić information content (AvgIpc) is 2.70. The van der Waals surface area contributed by atoms with Crippen LogP contribution in [-0.2, 0) is 11.3 Å². The molecule has 1 aromatic rings. The Labute approximate surface area is 114 Å². The number of benzene rings is 1. The van der Waals surface area contributed by atoms with Crippen LogP contribution in [0.15, 0.2) is 22.7 Å². The molecular weight excluding hydrogens is 300 g/mol. The Hall–Kier alpha value is -1.27. The second kappa shape index (κ2) is 5.58. The first kappa shape index (κ1) is 13.2. The molecule has 2 rings (SSSR count). The van der Waals surface area contributed by atoms with Crippen molar-refractivity contribution in [2.24, 2.45) is 5.73 Å². The summed E-state index contributed by atoms with van der Waals surface area (Å²) in [5.74, 6) is 0.766. The van der Waals surface area contributed by atoms with Crippen molar-refractivity contribution in [2.45, 2.75) is 12.6 Å². The third kappa shape index (κ3) is 2.76. The second-order valence-electron chi connectivity index (χ2n) is 4.09. The second-order valence-corrected chi connectivity index (χ2v) is 4.95. The van der Waals surface area contributed by atoms with E-state index in [1.165, 1.54) is 0 Å².